The highest BCUT2D eigenvalue weighted by Gasteiger charge is 2.47. The minimum atomic E-state index is -0.445. The van der Waals surface area contributed by atoms with Gasteiger partial charge >= 0.3 is 0 Å². The van der Waals surface area contributed by atoms with Crippen LogP contribution in [0.1, 0.15) is 18.4 Å². The van der Waals surface area contributed by atoms with Crippen LogP contribution in [0.4, 0.5) is 5.69 Å². The summed E-state index contributed by atoms with van der Waals surface area (Å²) in [6.45, 7) is 3.81. The Morgan fingerprint density at radius 1 is 1.33 bits per heavy atom. The molecule has 0 aliphatic carbocycles. The second-order valence-corrected chi connectivity index (χ2v) is 5.04. The van der Waals surface area contributed by atoms with Crippen LogP contribution in [-0.2, 0) is 4.79 Å². The van der Waals surface area contributed by atoms with E-state index in [4.69, 9.17) is 0 Å². The molecule has 1 saturated heterocycles. The van der Waals surface area contributed by atoms with E-state index in [9.17, 15) is 4.79 Å². The number of piperidine rings is 1. The summed E-state index contributed by atoms with van der Waals surface area (Å²) in [6.07, 6.45) is 3.34. The number of rotatable bonds is 1. The Morgan fingerprint density at radius 3 is 2.83 bits per heavy atom. The summed E-state index contributed by atoms with van der Waals surface area (Å²) in [7, 11) is 0. The number of nitrogens with zero attached hydrogens (tertiary/aromatic N) is 2. The summed E-state index contributed by atoms with van der Waals surface area (Å²) in [5.41, 5.74) is 1.81. The number of anilines is 1. The Labute approximate surface area is 107 Å². The Morgan fingerprint density at radius 2 is 2.11 bits per heavy atom. The standard InChI is InChI=1S/C14H17N3O/c1-11-3-2-4-12(9-11)17-10-16-13(18)14(17)5-7-15-8-6-14/h2-4,9-10,15H,5-8H2,1H3. The minimum Gasteiger partial charge on any atom is -0.317 e. The molecule has 4 nitrogen and oxygen atoms in total. The maximum absolute atomic E-state index is 12.2. The lowest BCUT2D eigenvalue weighted by Gasteiger charge is -2.39. The number of carbonyl (C=O) groups is 1. The molecule has 0 radical (unpaired) electrons. The first-order valence-corrected chi connectivity index (χ1v) is 6.38. The summed E-state index contributed by atoms with van der Waals surface area (Å²) in [5, 5.41) is 3.31. The van der Waals surface area contributed by atoms with Crippen molar-refractivity contribution in [3.05, 3.63) is 29.8 Å². The van der Waals surface area contributed by atoms with Gasteiger partial charge in [0.05, 0.1) is 6.34 Å². The second kappa shape index (κ2) is 4.21. The first-order chi connectivity index (χ1) is 8.72. The number of hydrogen-bond donors (Lipinski definition) is 1. The number of hydrogen-bond acceptors (Lipinski definition) is 3. The highest BCUT2D eigenvalue weighted by atomic mass is 16.2. The molecule has 0 unspecified atom stereocenters. The zero-order valence-corrected chi connectivity index (χ0v) is 10.5. The third-order valence-corrected chi connectivity index (χ3v) is 3.86. The van der Waals surface area contributed by atoms with E-state index in [1.165, 1.54) is 5.56 Å². The number of amides is 1. The topological polar surface area (TPSA) is 44.7 Å². The Kier molecular flexibility index (Phi) is 2.67. The molecule has 2 heterocycles. The fourth-order valence-electron chi connectivity index (χ4n) is 2.83. The number of aryl methyl sites for hydroxylation is 1. The fourth-order valence-corrected chi connectivity index (χ4v) is 2.83. The molecule has 1 N–H and O–H groups in total. The van der Waals surface area contributed by atoms with Gasteiger partial charge in [0.25, 0.3) is 5.91 Å². The van der Waals surface area contributed by atoms with Gasteiger partial charge in [0.2, 0.25) is 0 Å². The predicted molar refractivity (Wildman–Crippen MR) is 72.0 cm³/mol. The molecule has 2 aliphatic heterocycles. The summed E-state index contributed by atoms with van der Waals surface area (Å²) in [5.74, 6) is 0.00510. The van der Waals surface area contributed by atoms with E-state index in [-0.39, 0.29) is 5.91 Å². The Balaban J connectivity index is 2.00. The van der Waals surface area contributed by atoms with Crippen LogP contribution in [-0.4, -0.2) is 30.9 Å². The summed E-state index contributed by atoms with van der Waals surface area (Å²) < 4.78 is 0. The average molecular weight is 243 g/mol. The normalized spacial score (nSPS) is 21.8. The zero-order chi connectivity index (χ0) is 12.6. The van der Waals surface area contributed by atoms with Gasteiger partial charge in [-0.15, -0.1) is 0 Å². The molecule has 4 heteroatoms. The molecule has 1 aromatic carbocycles. The molecule has 3 rings (SSSR count). The van der Waals surface area contributed by atoms with E-state index in [0.717, 1.165) is 31.6 Å². The third-order valence-electron chi connectivity index (χ3n) is 3.86. The van der Waals surface area contributed by atoms with E-state index < -0.39 is 5.54 Å². The van der Waals surface area contributed by atoms with Gasteiger partial charge in [-0.3, -0.25) is 4.79 Å². The number of carbonyl (C=O) groups excluding carboxylic acids is 1. The summed E-state index contributed by atoms with van der Waals surface area (Å²) in [4.78, 5) is 18.2. The monoisotopic (exact) mass is 243 g/mol. The van der Waals surface area contributed by atoms with E-state index >= 15 is 0 Å². The van der Waals surface area contributed by atoms with E-state index in [2.05, 4.69) is 34.3 Å². The van der Waals surface area contributed by atoms with Crippen molar-refractivity contribution < 1.29 is 4.79 Å². The molecule has 0 saturated carbocycles. The molecule has 1 amide bonds. The molecule has 0 aromatic heterocycles. The zero-order valence-electron chi connectivity index (χ0n) is 10.5. The van der Waals surface area contributed by atoms with Crippen LogP contribution in [0, 0.1) is 6.92 Å². The lowest BCUT2D eigenvalue weighted by molar-refractivity contribution is -0.122. The first kappa shape index (κ1) is 11.4. The molecule has 1 spiro atoms. The van der Waals surface area contributed by atoms with Crippen LogP contribution in [0.15, 0.2) is 29.3 Å². The van der Waals surface area contributed by atoms with Crippen molar-refractivity contribution in [2.45, 2.75) is 25.3 Å². The highest BCUT2D eigenvalue weighted by Crippen LogP contribution is 2.35. The van der Waals surface area contributed by atoms with Crippen LogP contribution < -0.4 is 10.2 Å². The van der Waals surface area contributed by atoms with Gasteiger partial charge in [-0.1, -0.05) is 12.1 Å². The minimum absolute atomic E-state index is 0.00510. The Hall–Kier alpha value is -1.68. The molecule has 0 bridgehead atoms. The number of nitrogens with one attached hydrogen (secondary N) is 1. The van der Waals surface area contributed by atoms with Crippen molar-refractivity contribution >= 4 is 17.9 Å². The maximum Gasteiger partial charge on any atom is 0.273 e. The van der Waals surface area contributed by atoms with Crippen LogP contribution in [0.25, 0.3) is 0 Å². The molecule has 1 fully saturated rings. The van der Waals surface area contributed by atoms with Gasteiger partial charge in [0.15, 0.2) is 0 Å². The third kappa shape index (κ3) is 1.64. The lowest BCUT2D eigenvalue weighted by Crippen LogP contribution is -2.55. The Bertz CT molecular complexity index is 504. The van der Waals surface area contributed by atoms with Gasteiger partial charge in [-0.05, 0) is 50.6 Å². The van der Waals surface area contributed by atoms with E-state index in [0.29, 0.717) is 0 Å². The van der Waals surface area contributed by atoms with Gasteiger partial charge in [0, 0.05) is 5.69 Å². The van der Waals surface area contributed by atoms with Gasteiger partial charge in [0.1, 0.15) is 5.54 Å². The van der Waals surface area contributed by atoms with Crippen molar-refractivity contribution in [1.29, 1.82) is 0 Å². The molecule has 0 atom stereocenters. The van der Waals surface area contributed by atoms with Crippen LogP contribution in [0.2, 0.25) is 0 Å². The summed E-state index contributed by atoms with van der Waals surface area (Å²) in [6, 6.07) is 8.24. The predicted octanol–water partition coefficient (Wildman–Crippen LogP) is 1.49. The first-order valence-electron chi connectivity index (χ1n) is 6.38. The molecule has 2 aliphatic rings. The smallest absolute Gasteiger partial charge is 0.273 e. The van der Waals surface area contributed by atoms with Crippen LogP contribution in [0.3, 0.4) is 0 Å². The highest BCUT2D eigenvalue weighted by molar-refractivity contribution is 6.08. The molecular weight excluding hydrogens is 226 g/mol. The van der Waals surface area contributed by atoms with Gasteiger partial charge in [-0.2, -0.15) is 0 Å². The largest absolute Gasteiger partial charge is 0.317 e. The number of aliphatic imine (C=N–C) groups is 1. The second-order valence-electron chi connectivity index (χ2n) is 5.04. The summed E-state index contributed by atoms with van der Waals surface area (Å²) >= 11 is 0. The van der Waals surface area contributed by atoms with Crippen molar-refractivity contribution in [2.24, 2.45) is 4.99 Å². The van der Waals surface area contributed by atoms with Crippen molar-refractivity contribution in [3.63, 3.8) is 0 Å². The quantitative estimate of drug-likeness (QED) is 0.813. The lowest BCUT2D eigenvalue weighted by atomic mass is 9.86. The van der Waals surface area contributed by atoms with Gasteiger partial charge < -0.3 is 10.2 Å². The van der Waals surface area contributed by atoms with Crippen molar-refractivity contribution in [2.75, 3.05) is 18.0 Å². The number of benzene rings is 1. The van der Waals surface area contributed by atoms with Crippen molar-refractivity contribution in [3.8, 4) is 0 Å². The molecular formula is C14H17N3O. The molecule has 94 valence electrons. The van der Waals surface area contributed by atoms with Crippen LogP contribution >= 0.6 is 0 Å². The fraction of sp³-hybridized carbons (Fsp3) is 0.429. The molecule has 18 heavy (non-hydrogen) atoms. The molecule has 1 aromatic rings. The van der Waals surface area contributed by atoms with Crippen molar-refractivity contribution in [1.82, 2.24) is 5.32 Å². The van der Waals surface area contributed by atoms with Crippen LogP contribution in [0.5, 0.6) is 0 Å². The average Bonchev–Trinajstić information content (AvgIpc) is 2.68. The van der Waals surface area contributed by atoms with E-state index in [1.54, 1.807) is 6.34 Å². The van der Waals surface area contributed by atoms with E-state index in [1.807, 2.05) is 12.1 Å². The van der Waals surface area contributed by atoms with Gasteiger partial charge in [-0.25, -0.2) is 4.99 Å². The SMILES string of the molecule is Cc1cccc(N2C=NC(=O)C23CCNCC3)c1. The maximum atomic E-state index is 12.2.